The van der Waals surface area contributed by atoms with Crippen LogP contribution in [0.15, 0.2) is 0 Å². The van der Waals surface area contributed by atoms with Crippen LogP contribution in [-0.2, 0) is 20.7 Å². The van der Waals surface area contributed by atoms with Crippen molar-refractivity contribution in [2.24, 2.45) is 23.5 Å². The molecule has 3 fully saturated rings. The summed E-state index contributed by atoms with van der Waals surface area (Å²) in [5.41, 5.74) is 9.83. The number of nitrogens with one attached hydrogen (secondary N) is 1. The molecule has 6 N–H and O–H groups in total. The average molecular weight is 643 g/mol. The fourth-order valence-corrected chi connectivity index (χ4v) is 6.32. The van der Waals surface area contributed by atoms with Crippen LogP contribution in [0.25, 0.3) is 0 Å². The smallest absolute Gasteiger partial charge is 1.00 e. The third-order valence-corrected chi connectivity index (χ3v) is 9.79. The molecule has 3 aliphatic rings. The predicted molar refractivity (Wildman–Crippen MR) is 161 cm³/mol. The molecule has 0 radical (unpaired) electrons. The van der Waals surface area contributed by atoms with Gasteiger partial charge in [-0.1, -0.05) is 57.8 Å². The zero-order valence-corrected chi connectivity index (χ0v) is 31.1. The van der Waals surface area contributed by atoms with Crippen molar-refractivity contribution in [2.45, 2.75) is 161 Å². The minimum absolute atomic E-state index is 0. The van der Waals surface area contributed by atoms with Crippen LogP contribution in [-0.4, -0.2) is 33.6 Å². The van der Waals surface area contributed by atoms with Crippen molar-refractivity contribution >= 4 is 29.9 Å². The van der Waals surface area contributed by atoms with Gasteiger partial charge in [0.25, 0.3) is 6.47 Å². The van der Waals surface area contributed by atoms with E-state index in [1.54, 1.807) is 0 Å². The summed E-state index contributed by atoms with van der Waals surface area (Å²) in [5.74, 6) is 2.50. The summed E-state index contributed by atoms with van der Waals surface area (Å²) in [5, 5.41) is 8.43. The van der Waals surface area contributed by atoms with Crippen LogP contribution in [0.2, 0.25) is 0 Å². The molecule has 0 aliphatic heterocycles. The van der Waals surface area contributed by atoms with Crippen LogP contribution in [0.1, 0.15) is 138 Å². The first-order valence-corrected chi connectivity index (χ1v) is 16.1. The standard InChI is InChI=1S/C12H25NOS.2C8H17N.CH2O3.2ClH.Na/c1-10(11-8-6-5-7-9-11)13-15(14)12(2,3)4;2*1-7(9)8-5-3-2-4-6-8;2-1-4-3;;;/h10-11,13H,5-9H2,1-4H3;2*7-8H,2-6,9H2,1H3;1,3H;2*1H;/q;;;;;;+1/p-1/t10-,15+;2*7-;;;;/m111..../s1. The van der Waals surface area contributed by atoms with Crippen LogP contribution >= 0.6 is 12.4 Å². The van der Waals surface area contributed by atoms with Crippen molar-refractivity contribution in [3.63, 3.8) is 0 Å². The maximum atomic E-state index is 11.9. The summed E-state index contributed by atoms with van der Waals surface area (Å²) < 4.78 is 15.0. The second-order valence-corrected chi connectivity index (χ2v) is 14.5. The van der Waals surface area contributed by atoms with E-state index in [2.05, 4.69) is 36.1 Å². The number of nitrogens with two attached hydrogens (primary N) is 1. The maximum Gasteiger partial charge on any atom is 1.00 e. The van der Waals surface area contributed by atoms with E-state index in [0.717, 1.165) is 17.8 Å². The summed E-state index contributed by atoms with van der Waals surface area (Å²) >= 11 is 0. The molecule has 0 bridgehead atoms. The van der Waals surface area contributed by atoms with E-state index in [4.69, 9.17) is 15.8 Å². The van der Waals surface area contributed by atoms with Gasteiger partial charge in [0.15, 0.2) is 0 Å². The number of halogens is 2. The fourth-order valence-electron chi connectivity index (χ4n) is 5.44. The van der Waals surface area contributed by atoms with Gasteiger partial charge in [0, 0.05) is 18.0 Å². The van der Waals surface area contributed by atoms with Crippen molar-refractivity contribution in [2.75, 3.05) is 0 Å². The molecular weight excluding hydrogens is 580 g/mol. The molecule has 0 aromatic carbocycles. The first-order valence-electron chi connectivity index (χ1n) is 14.9. The molecule has 11 heteroatoms. The van der Waals surface area contributed by atoms with Gasteiger partial charge in [-0.25, -0.2) is 8.93 Å². The van der Waals surface area contributed by atoms with Crippen LogP contribution in [0.5, 0.6) is 0 Å². The Morgan fingerprint density at radius 1 is 0.850 bits per heavy atom. The Bertz CT molecular complexity index is 562. The van der Waals surface area contributed by atoms with Crippen molar-refractivity contribution in [3.8, 4) is 0 Å². The molecule has 4 atom stereocenters. The Morgan fingerprint density at radius 2 is 1.18 bits per heavy atom. The number of hydrogen-bond acceptors (Lipinski definition) is 5. The van der Waals surface area contributed by atoms with Crippen molar-refractivity contribution in [3.05, 3.63) is 0 Å². The minimum Gasteiger partial charge on any atom is -1.00 e. The molecule has 238 valence electrons. The van der Waals surface area contributed by atoms with Gasteiger partial charge in [0.05, 0.1) is 21.8 Å². The number of carbonyl (C=O) groups excluding carboxylic acids is 1. The SMILES string of the molecule is C[C@@H](N)C1CCCCC1.C[C@@H](N[S@@](=O)C(C)(C)C)C1CCCCC1.C[C@@H]([NH3+])C1CCCCC1.Cl.O=CO[O-].[Cl-].[Na+]. The van der Waals surface area contributed by atoms with Gasteiger partial charge in [-0.3, -0.25) is 4.79 Å². The van der Waals surface area contributed by atoms with Crippen LogP contribution < -0.4 is 63.4 Å². The monoisotopic (exact) mass is 641 g/mol. The largest absolute Gasteiger partial charge is 1.00 e. The molecule has 0 saturated heterocycles. The van der Waals surface area contributed by atoms with Crippen molar-refractivity contribution < 1.29 is 66.8 Å². The van der Waals surface area contributed by atoms with E-state index in [1.807, 2.05) is 20.8 Å². The van der Waals surface area contributed by atoms with Gasteiger partial charge >= 0.3 is 29.6 Å². The molecule has 0 aromatic heterocycles. The quantitative estimate of drug-likeness (QED) is 0.148. The van der Waals surface area contributed by atoms with Crippen LogP contribution in [0.3, 0.4) is 0 Å². The van der Waals surface area contributed by atoms with Crippen molar-refractivity contribution in [1.82, 2.24) is 4.72 Å². The summed E-state index contributed by atoms with van der Waals surface area (Å²) in [6, 6.07) is 1.51. The van der Waals surface area contributed by atoms with E-state index in [-0.39, 0.29) is 65.6 Å². The van der Waals surface area contributed by atoms with Gasteiger partial charge in [-0.15, -0.1) is 12.4 Å². The Morgan fingerprint density at radius 3 is 1.40 bits per heavy atom. The van der Waals surface area contributed by atoms with E-state index in [1.165, 1.54) is 96.3 Å². The topological polar surface area (TPSA) is 132 Å². The van der Waals surface area contributed by atoms with Crippen LogP contribution in [0.4, 0.5) is 0 Å². The average Bonchev–Trinajstić information content (AvgIpc) is 2.90. The zero-order chi connectivity index (χ0) is 28.3. The van der Waals surface area contributed by atoms with Gasteiger partial charge in [0.2, 0.25) is 0 Å². The number of hydrogen-bond donors (Lipinski definition) is 3. The van der Waals surface area contributed by atoms with E-state index >= 15 is 0 Å². The first-order chi connectivity index (χ1) is 17.4. The molecule has 0 aromatic rings. The molecule has 0 amide bonds. The molecule has 7 nitrogen and oxygen atoms in total. The second kappa shape index (κ2) is 28.8. The van der Waals surface area contributed by atoms with Gasteiger partial charge in [0.1, 0.15) is 0 Å². The molecule has 3 saturated carbocycles. The summed E-state index contributed by atoms with van der Waals surface area (Å²) in [4.78, 5) is 11.2. The molecule has 40 heavy (non-hydrogen) atoms. The van der Waals surface area contributed by atoms with E-state index in [0.29, 0.717) is 18.1 Å². The number of rotatable bonds is 6. The van der Waals surface area contributed by atoms with Gasteiger partial charge in [-0.05, 0) is 91.9 Å². The van der Waals surface area contributed by atoms with E-state index < -0.39 is 11.0 Å². The van der Waals surface area contributed by atoms with E-state index in [9.17, 15) is 4.21 Å². The summed E-state index contributed by atoms with van der Waals surface area (Å²) in [7, 11) is -0.919. The summed E-state index contributed by atoms with van der Waals surface area (Å²) in [6.07, 6.45) is 20.9. The molecule has 0 spiro atoms. The summed E-state index contributed by atoms with van der Waals surface area (Å²) in [6.45, 7) is 12.4. The molecule has 3 aliphatic carbocycles. The Labute approximate surface area is 283 Å². The van der Waals surface area contributed by atoms with Crippen molar-refractivity contribution in [1.29, 1.82) is 0 Å². The molecule has 0 unspecified atom stereocenters. The normalized spacial score (nSPS) is 21.1. The molecular formula is C29H62Cl2N3NaO4S. The minimum atomic E-state index is -0.919. The number of quaternary nitrogens is 1. The predicted octanol–water partition coefficient (Wildman–Crippen LogP) is -1.02. The third-order valence-electron chi connectivity index (χ3n) is 8.09. The van der Waals surface area contributed by atoms with Gasteiger partial charge < -0.3 is 34.0 Å². The Kier molecular flexibility index (Phi) is 34.5. The fraction of sp³-hybridized carbons (Fsp3) is 0.966. The van der Waals surface area contributed by atoms with Gasteiger partial charge in [-0.2, -0.15) is 0 Å². The third kappa shape index (κ3) is 24.5. The van der Waals surface area contributed by atoms with Crippen LogP contribution in [0, 0.1) is 17.8 Å². The molecule has 3 rings (SSSR count). The number of carbonyl (C=O) groups is 1. The Hall–Kier alpha value is 1.04. The maximum absolute atomic E-state index is 11.9. The Balaban J connectivity index is -0.000000228. The second-order valence-electron chi connectivity index (χ2n) is 12.5. The zero-order valence-electron chi connectivity index (χ0n) is 26.8. The first kappa shape index (κ1) is 48.0. The molecule has 0 heterocycles.